The van der Waals surface area contributed by atoms with E-state index in [4.69, 9.17) is 9.81 Å². The van der Waals surface area contributed by atoms with E-state index in [0.717, 1.165) is 0 Å². The fourth-order valence-corrected chi connectivity index (χ4v) is 2.23. The summed E-state index contributed by atoms with van der Waals surface area (Å²) in [5.74, 6) is 0. The molecule has 5 nitrogen and oxygen atoms in total. The standard InChI is InChI=1S/C3H14N4OP2/c1-5-9(4)8-10(6-2)7-3/h5-7H,4H2,1-3H3. The van der Waals surface area contributed by atoms with E-state index in [0.29, 0.717) is 0 Å². The van der Waals surface area contributed by atoms with E-state index in [2.05, 4.69) is 15.3 Å². The lowest BCUT2D eigenvalue weighted by molar-refractivity contribution is 0.645. The average molecular weight is 184 g/mol. The van der Waals surface area contributed by atoms with Crippen LogP contribution >= 0.6 is 16.9 Å². The highest BCUT2D eigenvalue weighted by molar-refractivity contribution is 7.61. The van der Waals surface area contributed by atoms with Gasteiger partial charge in [-0.2, -0.15) is 0 Å². The van der Waals surface area contributed by atoms with Crippen molar-refractivity contribution in [3.63, 3.8) is 0 Å². The summed E-state index contributed by atoms with van der Waals surface area (Å²) in [6, 6.07) is 0. The quantitative estimate of drug-likeness (QED) is 0.455. The predicted octanol–water partition coefficient (Wildman–Crippen LogP) is 0.0737. The lowest BCUT2D eigenvalue weighted by atomic mass is 11.6. The maximum Gasteiger partial charge on any atom is 0.187 e. The average Bonchev–Trinajstić information content (AvgIpc) is 1.99. The Labute approximate surface area is 64.0 Å². The summed E-state index contributed by atoms with van der Waals surface area (Å²) in [4.78, 5) is 0. The Bertz CT molecular complexity index is 80.9. The van der Waals surface area contributed by atoms with Crippen molar-refractivity contribution in [3.05, 3.63) is 0 Å². The molecule has 62 valence electrons. The first-order valence-corrected chi connectivity index (χ1v) is 5.38. The van der Waals surface area contributed by atoms with Gasteiger partial charge in [0, 0.05) is 0 Å². The maximum atomic E-state index is 5.49. The second kappa shape index (κ2) is 6.38. The molecule has 0 rings (SSSR count). The second-order valence-electron chi connectivity index (χ2n) is 1.37. The summed E-state index contributed by atoms with van der Waals surface area (Å²) in [6.45, 7) is 0. The first-order chi connectivity index (χ1) is 4.74. The van der Waals surface area contributed by atoms with E-state index < -0.39 is 16.9 Å². The monoisotopic (exact) mass is 184 g/mol. The molecule has 0 aromatic rings. The summed E-state index contributed by atoms with van der Waals surface area (Å²) < 4.78 is 5.27. The molecule has 0 spiro atoms. The van der Waals surface area contributed by atoms with Crippen LogP contribution in [0.1, 0.15) is 0 Å². The molecule has 0 aliphatic carbocycles. The normalized spacial score (nSPS) is 14.1. The Morgan fingerprint density at radius 3 is 1.90 bits per heavy atom. The topological polar surface area (TPSA) is 71.3 Å². The van der Waals surface area contributed by atoms with Gasteiger partial charge in [-0.25, -0.2) is 0 Å². The molecule has 0 fully saturated rings. The summed E-state index contributed by atoms with van der Waals surface area (Å²) >= 11 is 0. The van der Waals surface area contributed by atoms with E-state index in [1.165, 1.54) is 0 Å². The molecule has 7 heteroatoms. The third-order valence-electron chi connectivity index (χ3n) is 0.796. The third-order valence-corrected chi connectivity index (χ3v) is 3.41. The van der Waals surface area contributed by atoms with Gasteiger partial charge in [0.2, 0.25) is 0 Å². The first-order valence-electron chi connectivity index (χ1n) is 2.79. The molecular weight excluding hydrogens is 170 g/mol. The van der Waals surface area contributed by atoms with Gasteiger partial charge in [0.15, 0.2) is 16.9 Å². The van der Waals surface area contributed by atoms with Crippen LogP contribution in [0.5, 0.6) is 0 Å². The lowest BCUT2D eigenvalue weighted by Crippen LogP contribution is -2.15. The largest absolute Gasteiger partial charge is 0.278 e. The van der Waals surface area contributed by atoms with Gasteiger partial charge >= 0.3 is 0 Å². The minimum atomic E-state index is -0.976. The molecule has 0 heterocycles. The smallest absolute Gasteiger partial charge is 0.187 e. The van der Waals surface area contributed by atoms with Crippen molar-refractivity contribution in [2.45, 2.75) is 0 Å². The van der Waals surface area contributed by atoms with Crippen LogP contribution in [0.2, 0.25) is 0 Å². The van der Waals surface area contributed by atoms with E-state index in [1.54, 1.807) is 7.05 Å². The molecule has 0 radical (unpaired) electrons. The summed E-state index contributed by atoms with van der Waals surface area (Å²) in [5, 5.41) is 8.71. The van der Waals surface area contributed by atoms with Crippen LogP contribution in [0, 0.1) is 0 Å². The van der Waals surface area contributed by atoms with Crippen molar-refractivity contribution in [1.82, 2.24) is 15.3 Å². The SMILES string of the molecule is CNP(N)OP(NC)NC. The zero-order valence-electron chi connectivity index (χ0n) is 6.38. The molecule has 0 bridgehead atoms. The molecular formula is C3H14N4OP2. The molecule has 1 unspecified atom stereocenters. The van der Waals surface area contributed by atoms with Crippen molar-refractivity contribution in [2.75, 3.05) is 21.1 Å². The molecule has 10 heavy (non-hydrogen) atoms. The van der Waals surface area contributed by atoms with E-state index in [-0.39, 0.29) is 0 Å². The van der Waals surface area contributed by atoms with E-state index >= 15 is 0 Å². The molecule has 0 saturated heterocycles. The number of nitrogens with two attached hydrogens (primary N) is 1. The molecule has 0 aliphatic rings. The van der Waals surface area contributed by atoms with Crippen molar-refractivity contribution in [2.24, 2.45) is 5.50 Å². The lowest BCUT2D eigenvalue weighted by Gasteiger charge is -2.17. The van der Waals surface area contributed by atoms with Crippen molar-refractivity contribution >= 4 is 16.9 Å². The van der Waals surface area contributed by atoms with Gasteiger partial charge in [-0.1, -0.05) is 0 Å². The maximum absolute atomic E-state index is 5.49. The van der Waals surface area contributed by atoms with Gasteiger partial charge in [0.25, 0.3) is 0 Å². The Balaban J connectivity index is 3.41. The van der Waals surface area contributed by atoms with Crippen LogP contribution in [0.15, 0.2) is 0 Å². The zero-order chi connectivity index (χ0) is 7.98. The Morgan fingerprint density at radius 2 is 1.60 bits per heavy atom. The highest BCUT2D eigenvalue weighted by Gasteiger charge is 2.07. The van der Waals surface area contributed by atoms with Crippen LogP contribution < -0.4 is 20.8 Å². The minimum Gasteiger partial charge on any atom is -0.278 e. The number of nitrogens with one attached hydrogen (secondary N) is 3. The fourth-order valence-electron chi connectivity index (χ4n) is 0.322. The van der Waals surface area contributed by atoms with Gasteiger partial charge in [0.05, 0.1) is 0 Å². The van der Waals surface area contributed by atoms with Crippen LogP contribution in [0.3, 0.4) is 0 Å². The molecule has 0 aromatic heterocycles. The highest BCUT2D eigenvalue weighted by atomic mass is 31.2. The Morgan fingerprint density at radius 1 is 1.10 bits per heavy atom. The van der Waals surface area contributed by atoms with Crippen molar-refractivity contribution in [1.29, 1.82) is 0 Å². The van der Waals surface area contributed by atoms with Crippen molar-refractivity contribution < 1.29 is 4.31 Å². The second-order valence-corrected chi connectivity index (χ2v) is 4.61. The van der Waals surface area contributed by atoms with E-state index in [9.17, 15) is 0 Å². The number of hydrogen-bond acceptors (Lipinski definition) is 5. The Kier molecular flexibility index (Phi) is 6.80. The zero-order valence-corrected chi connectivity index (χ0v) is 8.17. The number of rotatable bonds is 5. The van der Waals surface area contributed by atoms with E-state index in [1.807, 2.05) is 14.1 Å². The first kappa shape index (κ1) is 10.7. The third kappa shape index (κ3) is 4.47. The predicted molar refractivity (Wildman–Crippen MR) is 46.3 cm³/mol. The van der Waals surface area contributed by atoms with Gasteiger partial charge < -0.3 is 0 Å². The van der Waals surface area contributed by atoms with Crippen LogP contribution in [-0.2, 0) is 4.31 Å². The number of hydrogen-bond donors (Lipinski definition) is 4. The van der Waals surface area contributed by atoms with Gasteiger partial charge in [-0.15, -0.1) is 0 Å². The van der Waals surface area contributed by atoms with Gasteiger partial charge in [0.1, 0.15) is 0 Å². The van der Waals surface area contributed by atoms with Crippen molar-refractivity contribution in [3.8, 4) is 0 Å². The molecule has 1 atom stereocenters. The fraction of sp³-hybridized carbons (Fsp3) is 1.00. The molecule has 0 aliphatic heterocycles. The van der Waals surface area contributed by atoms with Gasteiger partial charge in [-0.3, -0.25) is 25.1 Å². The minimum absolute atomic E-state index is 0.760. The summed E-state index contributed by atoms with van der Waals surface area (Å²) in [7, 11) is 3.67. The highest BCUT2D eigenvalue weighted by Crippen LogP contribution is 2.38. The Hall–Kier alpha value is 0.660. The molecule has 0 saturated carbocycles. The molecule has 0 aromatic carbocycles. The summed E-state index contributed by atoms with van der Waals surface area (Å²) in [5.41, 5.74) is 5.49. The van der Waals surface area contributed by atoms with Crippen LogP contribution in [0.4, 0.5) is 0 Å². The molecule has 5 N–H and O–H groups in total. The van der Waals surface area contributed by atoms with Crippen LogP contribution in [0.25, 0.3) is 0 Å². The summed E-state index contributed by atoms with van der Waals surface area (Å²) in [6.07, 6.45) is 0. The van der Waals surface area contributed by atoms with Gasteiger partial charge in [-0.05, 0) is 21.1 Å². The molecule has 0 amide bonds. The van der Waals surface area contributed by atoms with Crippen LogP contribution in [-0.4, -0.2) is 21.1 Å².